The first-order chi connectivity index (χ1) is 10.4. The van der Waals surface area contributed by atoms with E-state index >= 15 is 0 Å². The summed E-state index contributed by atoms with van der Waals surface area (Å²) in [5, 5.41) is 11.7. The maximum atomic E-state index is 8.80. The van der Waals surface area contributed by atoms with Crippen LogP contribution < -0.4 is 0 Å². The Morgan fingerprint density at radius 3 is 1.48 bits per heavy atom. The minimum Gasteiger partial charge on any atom is -0.185 e. The largest absolute Gasteiger partial charge is 0.185 e. The first-order valence-corrected chi connectivity index (χ1v) is 10.3. The monoisotopic (exact) mass is 305 g/mol. The van der Waals surface area contributed by atoms with Gasteiger partial charge in [0, 0.05) is 5.25 Å². The molecule has 0 unspecified atom stereocenters. The molecule has 0 aromatic heterocycles. The van der Waals surface area contributed by atoms with Crippen molar-refractivity contribution in [1.82, 2.24) is 0 Å². The Kier molecular flexibility index (Phi) is 5.92. The SMILES string of the molecule is N#CSC1CCC(C2CCC(C3CCCCC3)CC2)CC1. The zero-order chi connectivity index (χ0) is 14.5. The van der Waals surface area contributed by atoms with Crippen molar-refractivity contribution in [2.75, 3.05) is 0 Å². The molecule has 0 amide bonds. The molecular formula is C19H31NS. The molecule has 0 atom stereocenters. The molecule has 0 bridgehead atoms. The highest BCUT2D eigenvalue weighted by Crippen LogP contribution is 2.45. The average molecular weight is 306 g/mol. The third-order valence-corrected chi connectivity index (χ3v) is 7.65. The van der Waals surface area contributed by atoms with Crippen molar-refractivity contribution in [3.05, 3.63) is 0 Å². The summed E-state index contributed by atoms with van der Waals surface area (Å²) in [5.74, 6) is 4.18. The number of thioether (sulfide) groups is 1. The number of hydrogen-bond donors (Lipinski definition) is 0. The van der Waals surface area contributed by atoms with Crippen LogP contribution in [0.25, 0.3) is 0 Å². The standard InChI is InChI=1S/C19H31NS/c20-14-21-19-12-10-18(11-13-19)17-8-6-16(7-9-17)15-4-2-1-3-5-15/h15-19H,1-13H2. The molecule has 3 saturated carbocycles. The van der Waals surface area contributed by atoms with Gasteiger partial charge in [-0.25, -0.2) is 0 Å². The molecule has 0 aromatic rings. The van der Waals surface area contributed by atoms with Crippen molar-refractivity contribution in [2.24, 2.45) is 23.7 Å². The molecule has 0 N–H and O–H groups in total. The van der Waals surface area contributed by atoms with E-state index in [9.17, 15) is 0 Å². The van der Waals surface area contributed by atoms with E-state index in [0.717, 1.165) is 23.7 Å². The van der Waals surface area contributed by atoms with E-state index in [1.165, 1.54) is 95.2 Å². The predicted octanol–water partition coefficient (Wildman–Crippen LogP) is 6.15. The quantitative estimate of drug-likeness (QED) is 0.584. The Morgan fingerprint density at radius 1 is 0.571 bits per heavy atom. The van der Waals surface area contributed by atoms with Crippen LogP contribution in [-0.4, -0.2) is 5.25 Å². The average Bonchev–Trinajstić information content (AvgIpc) is 2.57. The van der Waals surface area contributed by atoms with E-state index in [4.69, 9.17) is 5.26 Å². The van der Waals surface area contributed by atoms with Crippen molar-refractivity contribution < 1.29 is 0 Å². The fourth-order valence-corrected chi connectivity index (χ4v) is 6.10. The highest BCUT2D eigenvalue weighted by atomic mass is 32.2. The van der Waals surface area contributed by atoms with Crippen molar-refractivity contribution in [2.45, 2.75) is 88.7 Å². The lowest BCUT2D eigenvalue weighted by atomic mass is 9.66. The fourth-order valence-electron chi connectivity index (χ4n) is 5.45. The Bertz CT molecular complexity index is 339. The molecule has 21 heavy (non-hydrogen) atoms. The predicted molar refractivity (Wildman–Crippen MR) is 91.0 cm³/mol. The third kappa shape index (κ3) is 4.19. The van der Waals surface area contributed by atoms with Gasteiger partial charge in [0.2, 0.25) is 0 Å². The van der Waals surface area contributed by atoms with Gasteiger partial charge in [-0.15, -0.1) is 0 Å². The van der Waals surface area contributed by atoms with Crippen molar-refractivity contribution in [3.63, 3.8) is 0 Å². The van der Waals surface area contributed by atoms with E-state index in [2.05, 4.69) is 5.40 Å². The summed E-state index contributed by atoms with van der Waals surface area (Å²) in [6.07, 6.45) is 19.1. The van der Waals surface area contributed by atoms with Gasteiger partial charge in [0.1, 0.15) is 5.40 Å². The van der Waals surface area contributed by atoms with E-state index in [0.29, 0.717) is 5.25 Å². The zero-order valence-corrected chi connectivity index (χ0v) is 14.3. The molecular weight excluding hydrogens is 274 g/mol. The molecule has 3 aliphatic carbocycles. The molecule has 1 nitrogen and oxygen atoms in total. The van der Waals surface area contributed by atoms with Crippen molar-refractivity contribution in [3.8, 4) is 5.40 Å². The van der Waals surface area contributed by atoms with Crippen LogP contribution in [0, 0.1) is 34.3 Å². The first kappa shape index (κ1) is 15.7. The summed E-state index contributed by atoms with van der Waals surface area (Å²) in [6, 6.07) is 0. The summed E-state index contributed by atoms with van der Waals surface area (Å²) >= 11 is 1.53. The molecule has 0 spiro atoms. The van der Waals surface area contributed by atoms with E-state index in [1.807, 2.05) is 0 Å². The number of rotatable bonds is 3. The van der Waals surface area contributed by atoms with Crippen LogP contribution in [0.4, 0.5) is 0 Å². The molecule has 0 aliphatic heterocycles. The number of nitrogens with zero attached hydrogens (tertiary/aromatic N) is 1. The number of thiocyanates is 1. The van der Waals surface area contributed by atoms with Crippen LogP contribution in [0.2, 0.25) is 0 Å². The second-order valence-electron chi connectivity index (χ2n) is 7.82. The van der Waals surface area contributed by atoms with Crippen LogP contribution in [0.5, 0.6) is 0 Å². The molecule has 3 fully saturated rings. The lowest BCUT2D eigenvalue weighted by molar-refractivity contribution is 0.124. The van der Waals surface area contributed by atoms with Gasteiger partial charge in [0.05, 0.1) is 0 Å². The normalized spacial score (nSPS) is 38.8. The molecule has 0 heterocycles. The van der Waals surface area contributed by atoms with E-state index in [-0.39, 0.29) is 0 Å². The molecule has 0 aromatic carbocycles. The van der Waals surface area contributed by atoms with Crippen molar-refractivity contribution >= 4 is 11.8 Å². The molecule has 118 valence electrons. The van der Waals surface area contributed by atoms with E-state index < -0.39 is 0 Å². The summed E-state index contributed by atoms with van der Waals surface area (Å²) < 4.78 is 0. The maximum absolute atomic E-state index is 8.80. The lowest BCUT2D eigenvalue weighted by Crippen LogP contribution is -2.29. The van der Waals surface area contributed by atoms with Crippen LogP contribution in [0.1, 0.15) is 83.5 Å². The minimum atomic E-state index is 0.643. The van der Waals surface area contributed by atoms with Gasteiger partial charge in [-0.1, -0.05) is 32.1 Å². The first-order valence-electron chi connectivity index (χ1n) is 9.41. The molecule has 3 aliphatic rings. The van der Waals surface area contributed by atoms with Crippen molar-refractivity contribution in [1.29, 1.82) is 5.26 Å². The van der Waals surface area contributed by atoms with Crippen LogP contribution in [-0.2, 0) is 0 Å². The Labute approximate surface area is 135 Å². The van der Waals surface area contributed by atoms with Crippen LogP contribution in [0.15, 0.2) is 0 Å². The fraction of sp³-hybridized carbons (Fsp3) is 0.947. The van der Waals surface area contributed by atoms with Gasteiger partial charge in [0.25, 0.3) is 0 Å². The maximum Gasteiger partial charge on any atom is 0.133 e. The summed E-state index contributed by atoms with van der Waals surface area (Å²) in [6.45, 7) is 0. The summed E-state index contributed by atoms with van der Waals surface area (Å²) in [4.78, 5) is 0. The topological polar surface area (TPSA) is 23.8 Å². The Balaban J connectivity index is 1.40. The highest BCUT2D eigenvalue weighted by molar-refractivity contribution is 8.04. The molecule has 0 saturated heterocycles. The van der Waals surface area contributed by atoms with Gasteiger partial charge < -0.3 is 0 Å². The Morgan fingerprint density at radius 2 is 1.00 bits per heavy atom. The van der Waals surface area contributed by atoms with Gasteiger partial charge in [-0.3, -0.25) is 0 Å². The van der Waals surface area contributed by atoms with Crippen LogP contribution in [0.3, 0.4) is 0 Å². The van der Waals surface area contributed by atoms with Gasteiger partial charge >= 0.3 is 0 Å². The van der Waals surface area contributed by atoms with E-state index in [1.54, 1.807) is 0 Å². The zero-order valence-electron chi connectivity index (χ0n) is 13.4. The molecule has 3 rings (SSSR count). The van der Waals surface area contributed by atoms with Crippen LogP contribution >= 0.6 is 11.8 Å². The number of hydrogen-bond acceptors (Lipinski definition) is 2. The molecule has 2 heteroatoms. The lowest BCUT2D eigenvalue weighted by Gasteiger charge is -2.40. The highest BCUT2D eigenvalue weighted by Gasteiger charge is 2.33. The number of nitriles is 1. The van der Waals surface area contributed by atoms with Gasteiger partial charge in [-0.2, -0.15) is 5.26 Å². The minimum absolute atomic E-state index is 0.643. The summed E-state index contributed by atoms with van der Waals surface area (Å²) in [5.41, 5.74) is 0. The van der Waals surface area contributed by atoms with Gasteiger partial charge in [-0.05, 0) is 86.8 Å². The second kappa shape index (κ2) is 7.91. The third-order valence-electron chi connectivity index (χ3n) is 6.74. The smallest absolute Gasteiger partial charge is 0.133 e. The summed E-state index contributed by atoms with van der Waals surface area (Å²) in [7, 11) is 0. The second-order valence-corrected chi connectivity index (χ2v) is 8.90. The van der Waals surface area contributed by atoms with Gasteiger partial charge in [0.15, 0.2) is 0 Å². The molecule has 0 radical (unpaired) electrons. The Hall–Kier alpha value is -0.160.